The van der Waals surface area contributed by atoms with Gasteiger partial charge >= 0.3 is 18.2 Å². The van der Waals surface area contributed by atoms with E-state index >= 15 is 0 Å². The van der Waals surface area contributed by atoms with Crippen molar-refractivity contribution in [2.45, 2.75) is 65.5 Å². The van der Waals surface area contributed by atoms with E-state index in [4.69, 9.17) is 9.47 Å². The molecule has 0 fully saturated rings. The fourth-order valence-corrected chi connectivity index (χ4v) is 2.16. The molecule has 152 valence electrons. The maximum atomic E-state index is 13.5. The first-order valence-corrected chi connectivity index (χ1v) is 8.47. The number of ether oxygens (including phenoxy) is 2. The summed E-state index contributed by atoms with van der Waals surface area (Å²) in [5.74, 6) is -1.19. The predicted molar refractivity (Wildman–Crippen MR) is 93.9 cm³/mol. The Morgan fingerprint density at radius 2 is 1.52 bits per heavy atom. The van der Waals surface area contributed by atoms with E-state index in [1.165, 1.54) is 0 Å². The van der Waals surface area contributed by atoms with Crippen molar-refractivity contribution in [2.24, 2.45) is 5.41 Å². The average Bonchev–Trinajstić information content (AvgIpc) is 2.50. The quantitative estimate of drug-likeness (QED) is 0.737. The average molecular weight is 389 g/mol. The summed E-state index contributed by atoms with van der Waals surface area (Å²) >= 11 is 0. The van der Waals surface area contributed by atoms with Crippen LogP contribution in [0.25, 0.3) is 0 Å². The fourth-order valence-electron chi connectivity index (χ4n) is 2.16. The molecule has 27 heavy (non-hydrogen) atoms. The van der Waals surface area contributed by atoms with E-state index in [1.807, 2.05) is 5.32 Å². The molecular formula is C19H26F3NO4. The Kier molecular flexibility index (Phi) is 6.91. The Hall–Kier alpha value is -2.25. The number of esters is 1. The molecule has 0 aliphatic heterocycles. The minimum Gasteiger partial charge on any atom is -0.456 e. The second-order valence-corrected chi connectivity index (χ2v) is 7.79. The Labute approximate surface area is 157 Å². The molecular weight excluding hydrogens is 363 g/mol. The van der Waals surface area contributed by atoms with E-state index in [-0.39, 0.29) is 0 Å². The highest BCUT2D eigenvalue weighted by molar-refractivity contribution is 5.82. The van der Waals surface area contributed by atoms with Crippen molar-refractivity contribution in [1.82, 2.24) is 5.32 Å². The highest BCUT2D eigenvalue weighted by Crippen LogP contribution is 2.41. The molecule has 0 bridgehead atoms. The van der Waals surface area contributed by atoms with Gasteiger partial charge in [-0.15, -0.1) is 0 Å². The first-order valence-electron chi connectivity index (χ1n) is 8.47. The zero-order valence-corrected chi connectivity index (χ0v) is 16.3. The number of benzene rings is 1. The van der Waals surface area contributed by atoms with Gasteiger partial charge in [0.2, 0.25) is 0 Å². The molecule has 0 saturated carbocycles. The maximum Gasteiger partial charge on any atom is 0.408 e. The number of alkyl carbamates (subject to hydrolysis) is 1. The Balaban J connectivity index is 3.06. The summed E-state index contributed by atoms with van der Waals surface area (Å²) in [6.07, 6.45) is -6.68. The summed E-state index contributed by atoms with van der Waals surface area (Å²) in [4.78, 5) is 24.5. The number of amides is 1. The molecule has 0 spiro atoms. The summed E-state index contributed by atoms with van der Waals surface area (Å²) < 4.78 is 50.7. The third-order valence-electron chi connectivity index (χ3n) is 3.91. The van der Waals surface area contributed by atoms with Gasteiger partial charge in [-0.05, 0) is 47.1 Å². The molecule has 1 rings (SSSR count). The molecule has 1 N–H and O–H groups in total. The molecule has 0 saturated heterocycles. The molecule has 0 heterocycles. The van der Waals surface area contributed by atoms with Crippen molar-refractivity contribution in [2.75, 3.05) is 0 Å². The van der Waals surface area contributed by atoms with Crippen molar-refractivity contribution in [1.29, 1.82) is 0 Å². The van der Waals surface area contributed by atoms with Gasteiger partial charge < -0.3 is 14.8 Å². The highest BCUT2D eigenvalue weighted by Gasteiger charge is 2.56. The van der Waals surface area contributed by atoms with E-state index in [2.05, 4.69) is 0 Å². The lowest BCUT2D eigenvalue weighted by Crippen LogP contribution is -2.57. The van der Waals surface area contributed by atoms with Gasteiger partial charge in [0.05, 0.1) is 5.41 Å². The number of nitrogens with one attached hydrogen (secondary N) is 1. The van der Waals surface area contributed by atoms with Gasteiger partial charge in [0.25, 0.3) is 0 Å². The van der Waals surface area contributed by atoms with Gasteiger partial charge in [-0.25, -0.2) is 9.59 Å². The summed E-state index contributed by atoms with van der Waals surface area (Å²) in [5, 5.41) is 2.02. The van der Waals surface area contributed by atoms with Crippen molar-refractivity contribution in [3.05, 3.63) is 35.9 Å². The summed E-state index contributed by atoms with van der Waals surface area (Å²) in [6.45, 7) is 7.87. The Bertz CT molecular complexity index is 651. The molecule has 1 aromatic rings. The smallest absolute Gasteiger partial charge is 0.408 e. The second-order valence-electron chi connectivity index (χ2n) is 7.79. The van der Waals surface area contributed by atoms with Crippen molar-refractivity contribution >= 4 is 12.1 Å². The fraction of sp³-hybridized carbons (Fsp3) is 0.579. The van der Waals surface area contributed by atoms with Gasteiger partial charge in [-0.2, -0.15) is 13.2 Å². The van der Waals surface area contributed by atoms with E-state index in [0.717, 1.165) is 13.8 Å². The lowest BCUT2D eigenvalue weighted by Gasteiger charge is -2.35. The topological polar surface area (TPSA) is 64.6 Å². The largest absolute Gasteiger partial charge is 0.456 e. The molecule has 0 aliphatic rings. The normalized spacial score (nSPS) is 14.9. The number of carbonyl (C=O) groups excluding carboxylic acids is 2. The molecule has 1 amide bonds. The van der Waals surface area contributed by atoms with Crippen LogP contribution in [0.5, 0.6) is 0 Å². The SMILES string of the molecule is CC(OC(=O)[C@@H](NC(=O)OC(C)(C)C)C(C)(C)C(F)(F)F)c1ccccc1. The number of halogens is 3. The summed E-state index contributed by atoms with van der Waals surface area (Å²) in [6, 6.07) is 6.59. The maximum absolute atomic E-state index is 13.5. The van der Waals surface area contributed by atoms with Gasteiger partial charge in [0.1, 0.15) is 17.7 Å². The number of hydrogen-bond acceptors (Lipinski definition) is 4. The number of rotatable bonds is 5. The number of hydrogen-bond donors (Lipinski definition) is 1. The van der Waals surface area contributed by atoms with Gasteiger partial charge in [-0.3, -0.25) is 0 Å². The Morgan fingerprint density at radius 3 is 1.96 bits per heavy atom. The van der Waals surface area contributed by atoms with Crippen LogP contribution in [0.1, 0.15) is 53.2 Å². The first-order chi connectivity index (χ1) is 12.1. The van der Waals surface area contributed by atoms with Crippen LogP contribution in [0.2, 0.25) is 0 Å². The third-order valence-corrected chi connectivity index (χ3v) is 3.91. The predicted octanol–water partition coefficient (Wildman–Crippen LogP) is 4.77. The van der Waals surface area contributed by atoms with Gasteiger partial charge in [-0.1, -0.05) is 30.3 Å². The zero-order chi connectivity index (χ0) is 21.0. The van der Waals surface area contributed by atoms with Crippen molar-refractivity contribution in [3.63, 3.8) is 0 Å². The molecule has 0 aliphatic carbocycles. The monoisotopic (exact) mass is 389 g/mol. The molecule has 0 aromatic heterocycles. The van der Waals surface area contributed by atoms with Crippen LogP contribution >= 0.6 is 0 Å². The van der Waals surface area contributed by atoms with Crippen LogP contribution < -0.4 is 5.32 Å². The Morgan fingerprint density at radius 1 is 1.00 bits per heavy atom. The first kappa shape index (κ1) is 22.8. The summed E-state index contributed by atoms with van der Waals surface area (Å²) in [7, 11) is 0. The van der Waals surface area contributed by atoms with Crippen molar-refractivity contribution < 1.29 is 32.2 Å². The molecule has 2 atom stereocenters. The van der Waals surface area contributed by atoms with Crippen LogP contribution in [0.4, 0.5) is 18.0 Å². The molecule has 0 radical (unpaired) electrons. The lowest BCUT2D eigenvalue weighted by molar-refractivity contribution is -0.225. The van der Waals surface area contributed by atoms with E-state index < -0.39 is 41.4 Å². The number of carbonyl (C=O) groups is 2. The van der Waals surface area contributed by atoms with Crippen LogP contribution in [0.15, 0.2) is 30.3 Å². The van der Waals surface area contributed by atoms with E-state index in [1.54, 1.807) is 58.0 Å². The van der Waals surface area contributed by atoms with Gasteiger partial charge in [0, 0.05) is 0 Å². The van der Waals surface area contributed by atoms with Crippen molar-refractivity contribution in [3.8, 4) is 0 Å². The van der Waals surface area contributed by atoms with E-state index in [0.29, 0.717) is 5.56 Å². The summed E-state index contributed by atoms with van der Waals surface area (Å²) in [5.41, 5.74) is -2.89. The minimum atomic E-state index is -4.76. The van der Waals surface area contributed by atoms with E-state index in [9.17, 15) is 22.8 Å². The second kappa shape index (κ2) is 8.19. The number of alkyl halides is 3. The lowest BCUT2D eigenvalue weighted by atomic mass is 9.83. The van der Waals surface area contributed by atoms with Crippen LogP contribution in [-0.2, 0) is 14.3 Å². The molecule has 8 heteroatoms. The molecule has 1 aromatic carbocycles. The van der Waals surface area contributed by atoms with Crippen LogP contribution in [0.3, 0.4) is 0 Å². The highest BCUT2D eigenvalue weighted by atomic mass is 19.4. The standard InChI is InChI=1S/C19H26F3NO4/c1-12(13-10-8-7-9-11-13)26-15(24)14(18(5,6)19(20,21)22)23-16(25)27-17(2,3)4/h7-12,14H,1-6H3,(H,23,25)/t12?,14-/m1/s1. The third kappa shape index (κ3) is 6.45. The molecule has 1 unspecified atom stereocenters. The minimum absolute atomic E-state index is 0.617. The molecule has 5 nitrogen and oxygen atoms in total. The zero-order valence-electron chi connectivity index (χ0n) is 16.3. The van der Waals surface area contributed by atoms with Crippen LogP contribution in [0, 0.1) is 5.41 Å². The van der Waals surface area contributed by atoms with Crippen LogP contribution in [-0.4, -0.2) is 29.9 Å². The van der Waals surface area contributed by atoms with Gasteiger partial charge in [0.15, 0.2) is 0 Å².